The first-order valence-electron chi connectivity index (χ1n) is 3.98. The van der Waals surface area contributed by atoms with E-state index < -0.39 is 12.5 Å². The van der Waals surface area contributed by atoms with Gasteiger partial charge in [0.1, 0.15) is 0 Å². The third kappa shape index (κ3) is 2.38. The molecule has 11 heavy (non-hydrogen) atoms. The van der Waals surface area contributed by atoms with E-state index in [1.54, 1.807) is 0 Å². The maximum atomic E-state index is 12.1. The fraction of sp³-hybridized carbons (Fsp3) is 1.00. The molecule has 68 valence electrons. The molecule has 0 radical (unpaired) electrons. The Bertz CT molecular complexity index is 124. The number of nitrogens with zero attached hydrogens (tertiary/aromatic N) is 1. The minimum atomic E-state index is -2.23. The summed E-state index contributed by atoms with van der Waals surface area (Å²) in [5, 5.41) is 2.79. The number of halogens is 2. The van der Waals surface area contributed by atoms with Crippen LogP contribution in [0.1, 0.15) is 8.35 Å². The number of piperazine rings is 1. The number of likely N-dealkylation sites (N-methyl/N-ethyl adjacent to an activating group) is 1. The Balaban J connectivity index is 0.00000121. The lowest BCUT2D eigenvalue weighted by atomic mass is 10.2. The Morgan fingerprint density at radius 1 is 1.73 bits per heavy atom. The van der Waals surface area contributed by atoms with Gasteiger partial charge in [0.25, 0.3) is 6.43 Å². The van der Waals surface area contributed by atoms with Crippen LogP contribution in [0.15, 0.2) is 0 Å². The average molecular weight is 166 g/mol. The molecule has 0 aromatic heterocycles. The second kappa shape index (κ2) is 3.97. The number of nitrogens with one attached hydrogen (secondary N) is 1. The number of hydrogen-bond acceptors (Lipinski definition) is 2. The zero-order chi connectivity index (χ0) is 8.27. The summed E-state index contributed by atoms with van der Waals surface area (Å²) in [4.78, 5) is 2.04. The highest BCUT2D eigenvalue weighted by Crippen LogP contribution is 2.06. The molecule has 0 amide bonds. The molecule has 1 atom stereocenters. The molecule has 0 spiro atoms. The van der Waals surface area contributed by atoms with Crippen LogP contribution in [-0.2, 0) is 0 Å². The minimum absolute atomic E-state index is 0. The first-order valence-corrected chi connectivity index (χ1v) is 3.98. The van der Waals surface area contributed by atoms with Crippen LogP contribution in [0.5, 0.6) is 0 Å². The quantitative estimate of drug-likeness (QED) is 0.652. The average Bonchev–Trinajstić information content (AvgIpc) is 2.05. The molecular weight excluding hydrogens is 150 g/mol. The molecule has 4 heteroatoms. The van der Waals surface area contributed by atoms with Gasteiger partial charge in [0.15, 0.2) is 0 Å². The summed E-state index contributed by atoms with van der Waals surface area (Å²) < 4.78 is 24.3. The lowest BCUT2D eigenvalue weighted by Crippen LogP contribution is -2.53. The summed E-state index contributed by atoms with van der Waals surface area (Å²) >= 11 is 0. The van der Waals surface area contributed by atoms with Crippen LogP contribution in [0.3, 0.4) is 0 Å². The van der Waals surface area contributed by atoms with Crippen LogP contribution in [0, 0.1) is 0 Å². The highest BCUT2D eigenvalue weighted by atomic mass is 19.3. The van der Waals surface area contributed by atoms with Gasteiger partial charge in [-0.1, -0.05) is 6.92 Å². The second-order valence-electron chi connectivity index (χ2n) is 2.79. The van der Waals surface area contributed by atoms with Crippen molar-refractivity contribution in [1.29, 1.82) is 0 Å². The van der Waals surface area contributed by atoms with Gasteiger partial charge in [-0.2, -0.15) is 0 Å². The number of hydrogen-bond donors (Lipinski definition) is 1. The van der Waals surface area contributed by atoms with Gasteiger partial charge in [-0.25, -0.2) is 8.78 Å². The first kappa shape index (κ1) is 8.87. The minimum Gasteiger partial charge on any atom is -0.307 e. The molecule has 1 aliphatic rings. The van der Waals surface area contributed by atoms with Crippen molar-refractivity contribution in [3.63, 3.8) is 0 Å². The normalized spacial score (nSPS) is 27.8. The summed E-state index contributed by atoms with van der Waals surface area (Å²) in [5.74, 6) is 0. The van der Waals surface area contributed by atoms with Crippen molar-refractivity contribution in [2.45, 2.75) is 19.4 Å². The fourth-order valence-electron chi connectivity index (χ4n) is 1.30. The molecule has 1 unspecified atom stereocenters. The summed E-state index contributed by atoms with van der Waals surface area (Å²) in [6.45, 7) is 4.91. The molecular formula is C7H16F2N2. The smallest absolute Gasteiger partial charge is 0.254 e. The topological polar surface area (TPSA) is 15.3 Å². The molecule has 1 aliphatic heterocycles. The summed E-state index contributed by atoms with van der Waals surface area (Å²) in [6.07, 6.45) is -2.23. The van der Waals surface area contributed by atoms with Crippen LogP contribution in [0.25, 0.3) is 0 Å². The van der Waals surface area contributed by atoms with E-state index in [-0.39, 0.29) is 1.43 Å². The summed E-state index contributed by atoms with van der Waals surface area (Å²) in [7, 11) is 0. The van der Waals surface area contributed by atoms with Gasteiger partial charge >= 0.3 is 0 Å². The van der Waals surface area contributed by atoms with E-state index in [1.165, 1.54) is 0 Å². The van der Waals surface area contributed by atoms with Crippen LogP contribution >= 0.6 is 0 Å². The van der Waals surface area contributed by atoms with Crippen molar-refractivity contribution >= 4 is 0 Å². The molecule has 0 aromatic rings. The zero-order valence-electron chi connectivity index (χ0n) is 6.69. The molecule has 2 nitrogen and oxygen atoms in total. The van der Waals surface area contributed by atoms with Crippen LogP contribution in [0.4, 0.5) is 8.78 Å². The molecule has 1 N–H and O–H groups in total. The Morgan fingerprint density at radius 2 is 2.45 bits per heavy atom. The van der Waals surface area contributed by atoms with E-state index >= 15 is 0 Å². The van der Waals surface area contributed by atoms with Crippen LogP contribution < -0.4 is 5.32 Å². The zero-order valence-corrected chi connectivity index (χ0v) is 6.69. The van der Waals surface area contributed by atoms with Gasteiger partial charge < -0.3 is 10.2 Å². The third-order valence-corrected chi connectivity index (χ3v) is 2.04. The summed E-state index contributed by atoms with van der Waals surface area (Å²) in [5.41, 5.74) is 0. The highest BCUT2D eigenvalue weighted by Gasteiger charge is 2.25. The SMILES string of the molecule is CCN1CCNC(C(F)F)C1.[HH]. The Hall–Kier alpha value is -0.220. The molecule has 1 fully saturated rings. The highest BCUT2D eigenvalue weighted by molar-refractivity contribution is 4.79. The van der Waals surface area contributed by atoms with Gasteiger partial charge in [0, 0.05) is 21.1 Å². The fourth-order valence-corrected chi connectivity index (χ4v) is 1.30. The molecule has 1 heterocycles. The van der Waals surface area contributed by atoms with E-state index in [1.807, 2.05) is 11.8 Å². The van der Waals surface area contributed by atoms with Crippen molar-refractivity contribution in [2.24, 2.45) is 0 Å². The van der Waals surface area contributed by atoms with Crippen molar-refractivity contribution in [3.05, 3.63) is 0 Å². The van der Waals surface area contributed by atoms with Crippen molar-refractivity contribution in [3.8, 4) is 0 Å². The van der Waals surface area contributed by atoms with Crippen molar-refractivity contribution < 1.29 is 10.2 Å². The van der Waals surface area contributed by atoms with Gasteiger partial charge in [0.05, 0.1) is 6.04 Å². The van der Waals surface area contributed by atoms with E-state index in [0.717, 1.165) is 13.1 Å². The predicted octanol–water partition coefficient (Wildman–Crippen LogP) is 0.791. The standard InChI is InChI=1S/C7H14F2N2.H2/c1-2-11-4-3-10-6(5-11)7(8)9;/h6-7,10H,2-5H2,1H3;1H. The van der Waals surface area contributed by atoms with E-state index in [2.05, 4.69) is 5.32 Å². The van der Waals surface area contributed by atoms with Gasteiger partial charge in [0.2, 0.25) is 0 Å². The summed E-state index contributed by atoms with van der Waals surface area (Å²) in [6, 6.07) is -0.622. The molecule has 1 saturated heterocycles. The lowest BCUT2D eigenvalue weighted by Gasteiger charge is -2.32. The monoisotopic (exact) mass is 166 g/mol. The van der Waals surface area contributed by atoms with E-state index in [0.29, 0.717) is 13.1 Å². The second-order valence-corrected chi connectivity index (χ2v) is 2.79. The number of alkyl halides is 2. The molecule has 0 saturated carbocycles. The van der Waals surface area contributed by atoms with Gasteiger partial charge in [-0.15, -0.1) is 0 Å². The largest absolute Gasteiger partial charge is 0.307 e. The Labute approximate surface area is 67.0 Å². The first-order chi connectivity index (χ1) is 5.24. The molecule has 0 aliphatic carbocycles. The molecule has 1 rings (SSSR count). The maximum absolute atomic E-state index is 12.1. The molecule has 0 bridgehead atoms. The van der Waals surface area contributed by atoms with Gasteiger partial charge in [-0.05, 0) is 6.54 Å². The van der Waals surface area contributed by atoms with Crippen molar-refractivity contribution in [2.75, 3.05) is 26.2 Å². The third-order valence-electron chi connectivity index (χ3n) is 2.04. The van der Waals surface area contributed by atoms with E-state index in [4.69, 9.17) is 0 Å². The molecule has 0 aromatic carbocycles. The van der Waals surface area contributed by atoms with Gasteiger partial charge in [-0.3, -0.25) is 0 Å². The van der Waals surface area contributed by atoms with Crippen molar-refractivity contribution in [1.82, 2.24) is 10.2 Å². The Kier molecular flexibility index (Phi) is 3.20. The predicted molar refractivity (Wildman–Crippen MR) is 42.0 cm³/mol. The Morgan fingerprint density at radius 3 is 3.00 bits per heavy atom. The number of rotatable bonds is 2. The maximum Gasteiger partial charge on any atom is 0.254 e. The van der Waals surface area contributed by atoms with Crippen LogP contribution in [0.2, 0.25) is 0 Å². The van der Waals surface area contributed by atoms with Crippen LogP contribution in [-0.4, -0.2) is 43.5 Å². The lowest BCUT2D eigenvalue weighted by molar-refractivity contribution is 0.0586. The van der Waals surface area contributed by atoms with E-state index in [9.17, 15) is 8.78 Å².